The van der Waals surface area contributed by atoms with Crippen molar-refractivity contribution in [3.8, 4) is 0 Å². The summed E-state index contributed by atoms with van der Waals surface area (Å²) in [5, 5.41) is 0. The first-order valence-corrected chi connectivity index (χ1v) is 4.36. The van der Waals surface area contributed by atoms with Gasteiger partial charge in [0.05, 0.1) is 24.4 Å². The lowest BCUT2D eigenvalue weighted by molar-refractivity contribution is 0.0721. The minimum absolute atomic E-state index is 0.588. The third-order valence-electron chi connectivity index (χ3n) is 0.711. The molecule has 0 aliphatic carbocycles. The second kappa shape index (κ2) is 8.61. The monoisotopic (exact) mass is 245 g/mol. The van der Waals surface area contributed by atoms with Crippen molar-refractivity contribution in [1.82, 2.24) is 0 Å². The predicted octanol–water partition coefficient (Wildman–Crippen LogP) is 0.371. The topological polar surface area (TPSA) is 44.5 Å². The minimum Gasteiger partial charge on any atom is -0.378 e. The standard InChI is InChI=1S/C5H12INO2/c6-5-9-4-3-8-2-1-7/h1-5,7H2. The van der Waals surface area contributed by atoms with Gasteiger partial charge >= 0.3 is 0 Å². The third kappa shape index (κ3) is 8.61. The Balaban J connectivity index is 2.60. The van der Waals surface area contributed by atoms with E-state index in [9.17, 15) is 0 Å². The number of nitrogens with two attached hydrogens (primary N) is 1. The van der Waals surface area contributed by atoms with Gasteiger partial charge in [-0.05, 0) is 0 Å². The number of rotatable bonds is 6. The van der Waals surface area contributed by atoms with Crippen molar-refractivity contribution >= 4 is 22.6 Å². The van der Waals surface area contributed by atoms with E-state index in [0.29, 0.717) is 26.4 Å². The third-order valence-corrected chi connectivity index (χ3v) is 1.15. The molecular formula is C5H12INO2. The summed E-state index contributed by atoms with van der Waals surface area (Å²) in [6.45, 7) is 2.54. The minimum atomic E-state index is 0.588. The van der Waals surface area contributed by atoms with Crippen molar-refractivity contribution in [2.45, 2.75) is 0 Å². The van der Waals surface area contributed by atoms with E-state index in [-0.39, 0.29) is 0 Å². The molecule has 0 aromatic carbocycles. The molecule has 56 valence electrons. The fourth-order valence-electron chi connectivity index (χ4n) is 0.358. The van der Waals surface area contributed by atoms with Gasteiger partial charge in [-0.1, -0.05) is 22.6 Å². The molecule has 0 aromatic heterocycles. The van der Waals surface area contributed by atoms with E-state index >= 15 is 0 Å². The average Bonchev–Trinajstić information content (AvgIpc) is 1.89. The molecule has 0 aromatic rings. The molecule has 9 heavy (non-hydrogen) atoms. The van der Waals surface area contributed by atoms with Crippen LogP contribution in [0.4, 0.5) is 0 Å². The summed E-state index contributed by atoms with van der Waals surface area (Å²) in [7, 11) is 0. The number of hydrogen-bond acceptors (Lipinski definition) is 3. The van der Waals surface area contributed by atoms with E-state index in [1.54, 1.807) is 0 Å². The van der Waals surface area contributed by atoms with Gasteiger partial charge in [-0.2, -0.15) is 0 Å². The molecule has 3 nitrogen and oxygen atoms in total. The quantitative estimate of drug-likeness (QED) is 0.417. The van der Waals surface area contributed by atoms with Gasteiger partial charge in [0.15, 0.2) is 0 Å². The summed E-state index contributed by atoms with van der Waals surface area (Å²) in [6.07, 6.45) is 0. The molecule has 0 bridgehead atoms. The van der Waals surface area contributed by atoms with E-state index in [1.165, 1.54) is 0 Å². The second-order valence-corrected chi connectivity index (χ2v) is 2.04. The molecule has 0 unspecified atom stereocenters. The molecule has 0 fully saturated rings. The summed E-state index contributed by atoms with van der Waals surface area (Å²) in [5.41, 5.74) is 5.18. The highest BCUT2D eigenvalue weighted by Crippen LogP contribution is 1.83. The number of halogens is 1. The Kier molecular flexibility index (Phi) is 9.19. The highest BCUT2D eigenvalue weighted by molar-refractivity contribution is 14.1. The van der Waals surface area contributed by atoms with E-state index < -0.39 is 0 Å². The molecule has 0 atom stereocenters. The Morgan fingerprint density at radius 3 is 2.33 bits per heavy atom. The zero-order chi connectivity index (χ0) is 6.95. The lowest BCUT2D eigenvalue weighted by Gasteiger charge is -2.00. The van der Waals surface area contributed by atoms with Crippen LogP contribution in [0.1, 0.15) is 0 Å². The smallest absolute Gasteiger partial charge is 0.0980 e. The SMILES string of the molecule is NCCOCCOCI. The molecule has 0 spiro atoms. The van der Waals surface area contributed by atoms with Crippen LogP contribution < -0.4 is 5.73 Å². The Morgan fingerprint density at radius 1 is 1.11 bits per heavy atom. The first-order valence-electron chi connectivity index (χ1n) is 2.83. The van der Waals surface area contributed by atoms with Crippen LogP contribution in [0.15, 0.2) is 0 Å². The maximum absolute atomic E-state index is 5.18. The van der Waals surface area contributed by atoms with Gasteiger partial charge in [0.25, 0.3) is 0 Å². The number of alkyl halides is 1. The normalized spacial score (nSPS) is 10.0. The molecule has 0 radical (unpaired) electrons. The van der Waals surface area contributed by atoms with Crippen molar-refractivity contribution < 1.29 is 9.47 Å². The van der Waals surface area contributed by atoms with Gasteiger partial charge in [0, 0.05) is 6.54 Å². The fourth-order valence-corrected chi connectivity index (χ4v) is 0.669. The van der Waals surface area contributed by atoms with Crippen LogP contribution in [0.5, 0.6) is 0 Å². The Hall–Kier alpha value is 0.610. The molecule has 0 aliphatic heterocycles. The van der Waals surface area contributed by atoms with Crippen LogP contribution in [0.3, 0.4) is 0 Å². The van der Waals surface area contributed by atoms with Crippen molar-refractivity contribution in [3.63, 3.8) is 0 Å². The van der Waals surface area contributed by atoms with E-state index in [1.807, 2.05) is 0 Å². The molecule has 0 amide bonds. The Morgan fingerprint density at radius 2 is 1.78 bits per heavy atom. The van der Waals surface area contributed by atoms with Crippen LogP contribution in [0, 0.1) is 0 Å². The van der Waals surface area contributed by atoms with Gasteiger partial charge in [-0.15, -0.1) is 0 Å². The van der Waals surface area contributed by atoms with E-state index in [4.69, 9.17) is 15.2 Å². The number of hydrogen-bond donors (Lipinski definition) is 1. The van der Waals surface area contributed by atoms with Crippen LogP contribution in [0.25, 0.3) is 0 Å². The highest BCUT2D eigenvalue weighted by atomic mass is 127. The largest absolute Gasteiger partial charge is 0.378 e. The summed E-state index contributed by atoms with van der Waals surface area (Å²) >= 11 is 2.15. The summed E-state index contributed by atoms with van der Waals surface area (Å²) in [4.78, 5) is 0. The van der Waals surface area contributed by atoms with Crippen LogP contribution in [0.2, 0.25) is 0 Å². The van der Waals surface area contributed by atoms with Crippen molar-refractivity contribution in [1.29, 1.82) is 0 Å². The lowest BCUT2D eigenvalue weighted by atomic mass is 10.7. The molecule has 0 rings (SSSR count). The van der Waals surface area contributed by atoms with Crippen LogP contribution >= 0.6 is 22.6 Å². The van der Waals surface area contributed by atoms with Crippen molar-refractivity contribution in [2.24, 2.45) is 5.73 Å². The fraction of sp³-hybridized carbons (Fsp3) is 1.00. The van der Waals surface area contributed by atoms with Gasteiger partial charge in [0.2, 0.25) is 0 Å². The highest BCUT2D eigenvalue weighted by Gasteiger charge is 1.84. The second-order valence-electron chi connectivity index (χ2n) is 1.42. The average molecular weight is 245 g/mol. The van der Waals surface area contributed by atoms with Crippen LogP contribution in [-0.4, -0.2) is 31.0 Å². The molecule has 0 aliphatic rings. The number of ether oxygens (including phenoxy) is 2. The lowest BCUT2D eigenvalue weighted by Crippen LogP contribution is -2.11. The molecule has 0 saturated heterocycles. The summed E-state index contributed by atoms with van der Waals surface area (Å²) in [6, 6.07) is 0. The predicted molar refractivity (Wildman–Crippen MR) is 44.7 cm³/mol. The zero-order valence-corrected chi connectivity index (χ0v) is 7.46. The first kappa shape index (κ1) is 9.61. The van der Waals surface area contributed by atoms with Gasteiger partial charge in [-0.3, -0.25) is 0 Å². The van der Waals surface area contributed by atoms with Gasteiger partial charge < -0.3 is 15.2 Å². The first-order chi connectivity index (χ1) is 4.41. The maximum atomic E-state index is 5.18. The van der Waals surface area contributed by atoms with Gasteiger partial charge in [-0.25, -0.2) is 0 Å². The Labute approximate surface area is 69.0 Å². The zero-order valence-electron chi connectivity index (χ0n) is 5.31. The maximum Gasteiger partial charge on any atom is 0.0980 e. The van der Waals surface area contributed by atoms with Crippen LogP contribution in [-0.2, 0) is 9.47 Å². The molecular weight excluding hydrogens is 233 g/mol. The molecule has 0 heterocycles. The van der Waals surface area contributed by atoms with E-state index in [0.717, 1.165) is 4.61 Å². The summed E-state index contributed by atoms with van der Waals surface area (Å²) < 4.78 is 10.8. The molecule has 0 saturated carbocycles. The van der Waals surface area contributed by atoms with Crippen molar-refractivity contribution in [2.75, 3.05) is 31.0 Å². The van der Waals surface area contributed by atoms with Crippen molar-refractivity contribution in [3.05, 3.63) is 0 Å². The molecule has 4 heteroatoms. The summed E-state index contributed by atoms with van der Waals surface area (Å²) in [5.74, 6) is 0. The van der Waals surface area contributed by atoms with Gasteiger partial charge in [0.1, 0.15) is 0 Å². The molecule has 2 N–H and O–H groups in total. The Bertz CT molecular complexity index is 48.2. The van der Waals surface area contributed by atoms with E-state index in [2.05, 4.69) is 22.6 Å².